The lowest BCUT2D eigenvalue weighted by Gasteiger charge is -2.13. The molecule has 0 aliphatic rings. The van der Waals surface area contributed by atoms with Crippen molar-refractivity contribution in [1.82, 2.24) is 14.5 Å². The molecule has 0 aliphatic carbocycles. The molecule has 0 aliphatic heterocycles. The average Bonchev–Trinajstić information content (AvgIpc) is 3.64. The molecule has 11 rings (SSSR count). The molecule has 0 bridgehead atoms. The monoisotopic (exact) mass is 725 g/mol. The number of hydrogen-bond acceptors (Lipinski definition) is 2. The maximum absolute atomic E-state index is 5.07. The van der Waals surface area contributed by atoms with Crippen molar-refractivity contribution in [3.05, 3.63) is 212 Å². The van der Waals surface area contributed by atoms with Gasteiger partial charge < -0.3 is 4.57 Å². The van der Waals surface area contributed by atoms with E-state index >= 15 is 0 Å². The van der Waals surface area contributed by atoms with Gasteiger partial charge in [0.15, 0.2) is 5.82 Å². The highest BCUT2D eigenvalue weighted by Gasteiger charge is 2.17. The first kappa shape index (κ1) is 32.8. The van der Waals surface area contributed by atoms with E-state index in [1.807, 2.05) is 24.3 Å². The van der Waals surface area contributed by atoms with Gasteiger partial charge in [0.2, 0.25) is 0 Å². The number of benzene rings is 9. The smallest absolute Gasteiger partial charge is 0.160 e. The summed E-state index contributed by atoms with van der Waals surface area (Å²) in [5.41, 5.74) is 13.3. The van der Waals surface area contributed by atoms with Gasteiger partial charge in [-0.25, -0.2) is 9.97 Å². The molecule has 9 aromatic carbocycles. The van der Waals surface area contributed by atoms with E-state index in [-0.39, 0.29) is 0 Å². The number of fused-ring (bicyclic) bond motifs is 6. The summed E-state index contributed by atoms with van der Waals surface area (Å²) in [5.74, 6) is 0.714. The minimum atomic E-state index is 0.714. The third-order valence-corrected chi connectivity index (χ3v) is 11.2. The molecule has 0 atom stereocenters. The molecular formula is C54H35N3. The van der Waals surface area contributed by atoms with E-state index in [9.17, 15) is 0 Å². The SMILES string of the molecule is c1ccc(-c2cc(-c3ccc(-n4c5ccccc5c5c6ccc(-c7ccc(-c8ccccc8)c8ccccc78)cc6ccc54)cc3)nc(-c3ccccc3)n2)cc1. The Kier molecular flexibility index (Phi) is 7.82. The van der Waals surface area contributed by atoms with E-state index in [1.54, 1.807) is 0 Å². The van der Waals surface area contributed by atoms with Crippen LogP contribution >= 0.6 is 0 Å². The van der Waals surface area contributed by atoms with Crippen LogP contribution in [-0.2, 0) is 0 Å². The van der Waals surface area contributed by atoms with Gasteiger partial charge in [0.25, 0.3) is 0 Å². The third kappa shape index (κ3) is 5.68. The Morgan fingerprint density at radius 2 is 0.842 bits per heavy atom. The molecule has 0 fully saturated rings. The zero-order valence-electron chi connectivity index (χ0n) is 31.0. The van der Waals surface area contributed by atoms with Gasteiger partial charge in [-0.1, -0.05) is 176 Å². The van der Waals surface area contributed by atoms with Crippen LogP contribution in [0, 0.1) is 0 Å². The van der Waals surface area contributed by atoms with Crippen LogP contribution in [0.15, 0.2) is 212 Å². The van der Waals surface area contributed by atoms with Crippen molar-refractivity contribution in [2.75, 3.05) is 0 Å². The van der Waals surface area contributed by atoms with Crippen molar-refractivity contribution in [3.8, 4) is 61.8 Å². The lowest BCUT2D eigenvalue weighted by molar-refractivity contribution is 1.17. The van der Waals surface area contributed by atoms with Crippen molar-refractivity contribution in [3.63, 3.8) is 0 Å². The minimum Gasteiger partial charge on any atom is -0.309 e. The molecule has 2 heterocycles. The number of aromatic nitrogens is 3. The fourth-order valence-electron chi connectivity index (χ4n) is 8.51. The number of rotatable bonds is 6. The summed E-state index contributed by atoms with van der Waals surface area (Å²) < 4.78 is 2.39. The predicted molar refractivity (Wildman–Crippen MR) is 239 cm³/mol. The molecule has 3 heteroatoms. The molecule has 3 nitrogen and oxygen atoms in total. The molecule has 0 amide bonds. The lowest BCUT2D eigenvalue weighted by Crippen LogP contribution is -1.97. The highest BCUT2D eigenvalue weighted by atomic mass is 15.0. The van der Waals surface area contributed by atoms with Crippen molar-refractivity contribution < 1.29 is 0 Å². The molecule has 0 unspecified atom stereocenters. The van der Waals surface area contributed by atoms with Crippen LogP contribution in [0.2, 0.25) is 0 Å². The Morgan fingerprint density at radius 1 is 0.316 bits per heavy atom. The summed E-state index contributed by atoms with van der Waals surface area (Å²) in [6.07, 6.45) is 0. The fourth-order valence-corrected chi connectivity index (χ4v) is 8.51. The molecule has 0 N–H and O–H groups in total. The summed E-state index contributed by atoms with van der Waals surface area (Å²) in [6, 6.07) is 75.7. The van der Waals surface area contributed by atoms with Crippen LogP contribution in [0.3, 0.4) is 0 Å². The second-order valence-electron chi connectivity index (χ2n) is 14.6. The highest BCUT2D eigenvalue weighted by Crippen LogP contribution is 2.41. The summed E-state index contributed by atoms with van der Waals surface area (Å²) in [7, 11) is 0. The van der Waals surface area contributed by atoms with E-state index in [1.165, 1.54) is 65.6 Å². The average molecular weight is 726 g/mol. The zero-order valence-corrected chi connectivity index (χ0v) is 31.0. The topological polar surface area (TPSA) is 30.7 Å². The fraction of sp³-hybridized carbons (Fsp3) is 0. The molecule has 57 heavy (non-hydrogen) atoms. The van der Waals surface area contributed by atoms with Crippen LogP contribution in [0.4, 0.5) is 0 Å². The van der Waals surface area contributed by atoms with Gasteiger partial charge in [0, 0.05) is 33.2 Å². The van der Waals surface area contributed by atoms with Crippen LogP contribution in [-0.4, -0.2) is 14.5 Å². The lowest BCUT2D eigenvalue weighted by atomic mass is 9.91. The van der Waals surface area contributed by atoms with Crippen molar-refractivity contribution in [1.29, 1.82) is 0 Å². The first-order valence-electron chi connectivity index (χ1n) is 19.4. The molecule has 266 valence electrons. The molecule has 2 aromatic heterocycles. The van der Waals surface area contributed by atoms with Gasteiger partial charge in [-0.15, -0.1) is 0 Å². The maximum atomic E-state index is 5.07. The van der Waals surface area contributed by atoms with Crippen LogP contribution in [0.1, 0.15) is 0 Å². The van der Waals surface area contributed by atoms with E-state index < -0.39 is 0 Å². The van der Waals surface area contributed by atoms with Gasteiger partial charge in [-0.2, -0.15) is 0 Å². The van der Waals surface area contributed by atoms with Gasteiger partial charge in [0.05, 0.1) is 22.4 Å². The van der Waals surface area contributed by atoms with E-state index in [0.717, 1.165) is 33.8 Å². The second kappa shape index (κ2) is 13.6. The number of nitrogens with zero attached hydrogens (tertiary/aromatic N) is 3. The van der Waals surface area contributed by atoms with Crippen LogP contribution in [0.5, 0.6) is 0 Å². The van der Waals surface area contributed by atoms with Crippen molar-refractivity contribution >= 4 is 43.4 Å². The maximum Gasteiger partial charge on any atom is 0.160 e. The van der Waals surface area contributed by atoms with Gasteiger partial charge in [-0.3, -0.25) is 0 Å². The normalized spacial score (nSPS) is 11.5. The number of para-hydroxylation sites is 1. The molecule has 0 spiro atoms. The second-order valence-corrected chi connectivity index (χ2v) is 14.6. The summed E-state index contributed by atoms with van der Waals surface area (Å²) in [6.45, 7) is 0. The predicted octanol–water partition coefficient (Wildman–Crippen LogP) is 14.2. The Balaban J connectivity index is 1.01. The Morgan fingerprint density at radius 3 is 1.51 bits per heavy atom. The zero-order chi connectivity index (χ0) is 37.7. The first-order valence-corrected chi connectivity index (χ1v) is 19.4. The Labute approximate surface area is 330 Å². The van der Waals surface area contributed by atoms with E-state index in [2.05, 4.69) is 193 Å². The van der Waals surface area contributed by atoms with E-state index in [0.29, 0.717) is 5.82 Å². The largest absolute Gasteiger partial charge is 0.309 e. The van der Waals surface area contributed by atoms with Crippen molar-refractivity contribution in [2.24, 2.45) is 0 Å². The molecule has 0 saturated carbocycles. The summed E-state index contributed by atoms with van der Waals surface area (Å²) >= 11 is 0. The van der Waals surface area contributed by atoms with Gasteiger partial charge in [0.1, 0.15) is 0 Å². The third-order valence-electron chi connectivity index (χ3n) is 11.2. The standard InChI is InChI=1S/C54H35N3/c1-4-14-36(15-5-1)43-31-32-44(47-21-11-10-20-46(43)47)40-26-30-45-41(34-40)27-33-52-53(45)48-22-12-13-23-51(48)57(52)42-28-24-38(25-29-42)50-35-49(37-16-6-2-7-17-37)55-54(56-50)39-18-8-3-9-19-39/h1-35H. The Hall–Kier alpha value is -7.62. The minimum absolute atomic E-state index is 0.714. The van der Waals surface area contributed by atoms with Crippen LogP contribution in [0.25, 0.3) is 105 Å². The summed E-state index contributed by atoms with van der Waals surface area (Å²) in [4.78, 5) is 10.1. The molecule has 0 radical (unpaired) electrons. The van der Waals surface area contributed by atoms with E-state index in [4.69, 9.17) is 9.97 Å². The summed E-state index contributed by atoms with van der Waals surface area (Å²) in [5, 5.41) is 7.49. The van der Waals surface area contributed by atoms with Gasteiger partial charge in [-0.05, 0) is 80.2 Å². The Bertz CT molecular complexity index is 3200. The van der Waals surface area contributed by atoms with Crippen molar-refractivity contribution in [2.45, 2.75) is 0 Å². The molecule has 0 saturated heterocycles. The quantitative estimate of drug-likeness (QED) is 0.171. The van der Waals surface area contributed by atoms with Crippen LogP contribution < -0.4 is 0 Å². The molecular weight excluding hydrogens is 691 g/mol. The first-order chi connectivity index (χ1) is 28.3. The molecule has 11 aromatic rings. The van der Waals surface area contributed by atoms with Gasteiger partial charge >= 0.3 is 0 Å². The number of hydrogen-bond donors (Lipinski definition) is 0. The highest BCUT2D eigenvalue weighted by molar-refractivity contribution is 6.22.